The molecule has 0 saturated heterocycles. The van der Waals surface area contributed by atoms with E-state index in [0.29, 0.717) is 0 Å². The standard InChI is InChI=1S/C13H25N2.C2H6O4S/c1-4-5-6-7-8-9-10-15-12-11-14(3)13(15)2;1-2-6-7(3,4)5/h11-12H,4-10H2,1-3H3;2H2,1H3,(H,3,4,5)/q+1;/p-1. The molecule has 0 atom stereocenters. The van der Waals surface area contributed by atoms with Crippen molar-refractivity contribution >= 4 is 10.4 Å². The van der Waals surface area contributed by atoms with Crippen molar-refractivity contribution in [3.05, 3.63) is 18.2 Å². The minimum atomic E-state index is -4.42. The summed E-state index contributed by atoms with van der Waals surface area (Å²) in [6, 6.07) is 0. The quantitative estimate of drug-likeness (QED) is 0.301. The topological polar surface area (TPSA) is 75.2 Å². The summed E-state index contributed by atoms with van der Waals surface area (Å²) in [7, 11) is -2.32. The van der Waals surface area contributed by atoms with Crippen LogP contribution in [-0.4, -0.2) is 24.1 Å². The van der Waals surface area contributed by atoms with Gasteiger partial charge in [-0.05, 0) is 19.8 Å². The highest BCUT2D eigenvalue weighted by Gasteiger charge is 2.07. The fourth-order valence-electron chi connectivity index (χ4n) is 2.04. The first kappa shape index (κ1) is 21.1. The van der Waals surface area contributed by atoms with Gasteiger partial charge in [0.25, 0.3) is 5.82 Å². The van der Waals surface area contributed by atoms with Crippen LogP contribution in [0.3, 0.4) is 0 Å². The van der Waals surface area contributed by atoms with Crippen molar-refractivity contribution in [3.63, 3.8) is 0 Å². The molecule has 0 amide bonds. The van der Waals surface area contributed by atoms with E-state index in [2.05, 4.69) is 46.6 Å². The minimum Gasteiger partial charge on any atom is -0.726 e. The van der Waals surface area contributed by atoms with Crippen LogP contribution in [0.15, 0.2) is 12.4 Å². The first-order valence-electron chi connectivity index (χ1n) is 7.93. The number of hydrogen-bond donors (Lipinski definition) is 0. The van der Waals surface area contributed by atoms with Crippen molar-refractivity contribution in [2.24, 2.45) is 7.05 Å². The number of rotatable bonds is 9. The first-order chi connectivity index (χ1) is 10.3. The Morgan fingerprint density at radius 2 is 1.77 bits per heavy atom. The molecule has 0 radical (unpaired) electrons. The fourth-order valence-corrected chi connectivity index (χ4v) is 2.33. The van der Waals surface area contributed by atoms with Gasteiger partial charge in [-0.3, -0.25) is 4.18 Å². The Balaban J connectivity index is 0.000000534. The number of aromatic nitrogens is 2. The van der Waals surface area contributed by atoms with Crippen molar-refractivity contribution in [1.82, 2.24) is 4.57 Å². The molecule has 1 heterocycles. The van der Waals surface area contributed by atoms with E-state index >= 15 is 0 Å². The molecule has 1 aromatic heterocycles. The molecule has 1 rings (SSSR count). The van der Waals surface area contributed by atoms with Crippen LogP contribution >= 0.6 is 0 Å². The molecule has 130 valence electrons. The Bertz CT molecular complexity index is 498. The molecule has 0 N–H and O–H groups in total. The van der Waals surface area contributed by atoms with E-state index in [1.165, 1.54) is 57.8 Å². The van der Waals surface area contributed by atoms with Crippen LogP contribution in [-0.2, 0) is 28.2 Å². The highest BCUT2D eigenvalue weighted by Crippen LogP contribution is 2.04. The lowest BCUT2D eigenvalue weighted by Crippen LogP contribution is -2.35. The predicted molar refractivity (Wildman–Crippen MR) is 85.0 cm³/mol. The van der Waals surface area contributed by atoms with Crippen molar-refractivity contribution < 1.29 is 21.7 Å². The molecule has 1 aromatic rings. The number of imidazole rings is 1. The second-order valence-electron chi connectivity index (χ2n) is 5.23. The Morgan fingerprint density at radius 1 is 1.18 bits per heavy atom. The molecular formula is C15H30N2O4S. The van der Waals surface area contributed by atoms with Gasteiger partial charge >= 0.3 is 0 Å². The molecule has 22 heavy (non-hydrogen) atoms. The van der Waals surface area contributed by atoms with Gasteiger partial charge in [-0.2, -0.15) is 0 Å². The molecule has 0 aliphatic rings. The molecule has 0 unspecified atom stereocenters. The third-order valence-corrected chi connectivity index (χ3v) is 3.94. The summed E-state index contributed by atoms with van der Waals surface area (Å²) in [4.78, 5) is 0. The van der Waals surface area contributed by atoms with E-state index < -0.39 is 10.4 Å². The van der Waals surface area contributed by atoms with Gasteiger partial charge in [0.05, 0.1) is 20.2 Å². The highest BCUT2D eigenvalue weighted by atomic mass is 32.3. The summed E-state index contributed by atoms with van der Waals surface area (Å²) in [6.45, 7) is 6.96. The van der Waals surface area contributed by atoms with Crippen LogP contribution < -0.4 is 4.57 Å². The maximum absolute atomic E-state index is 9.45. The van der Waals surface area contributed by atoms with Crippen LogP contribution in [0.5, 0.6) is 0 Å². The maximum Gasteiger partial charge on any atom is 0.253 e. The lowest BCUT2D eigenvalue weighted by Gasteiger charge is -2.02. The summed E-state index contributed by atoms with van der Waals surface area (Å²) in [6.07, 6.45) is 12.6. The van der Waals surface area contributed by atoms with Gasteiger partial charge in [-0.15, -0.1) is 0 Å². The van der Waals surface area contributed by atoms with Crippen LogP contribution in [0.1, 0.15) is 58.2 Å². The van der Waals surface area contributed by atoms with E-state index in [1.54, 1.807) is 0 Å². The van der Waals surface area contributed by atoms with E-state index in [9.17, 15) is 13.0 Å². The van der Waals surface area contributed by atoms with Gasteiger partial charge in [0.15, 0.2) is 0 Å². The van der Waals surface area contributed by atoms with Crippen LogP contribution in [0.2, 0.25) is 0 Å². The largest absolute Gasteiger partial charge is 0.726 e. The molecule has 0 saturated carbocycles. The van der Waals surface area contributed by atoms with Crippen molar-refractivity contribution in [1.29, 1.82) is 0 Å². The van der Waals surface area contributed by atoms with E-state index in [4.69, 9.17) is 0 Å². The number of hydrogen-bond acceptors (Lipinski definition) is 4. The van der Waals surface area contributed by atoms with Crippen molar-refractivity contribution in [2.45, 2.75) is 65.8 Å². The molecule has 0 aliphatic carbocycles. The number of unbranched alkanes of at least 4 members (excludes halogenated alkanes) is 5. The average molecular weight is 334 g/mol. The van der Waals surface area contributed by atoms with Crippen molar-refractivity contribution in [3.8, 4) is 0 Å². The lowest BCUT2D eigenvalue weighted by atomic mass is 10.1. The molecule has 0 aliphatic heterocycles. The summed E-state index contributed by atoms with van der Waals surface area (Å²) in [5, 5.41) is 0. The Labute approximate surface area is 135 Å². The van der Waals surface area contributed by atoms with Gasteiger partial charge in [0.2, 0.25) is 10.4 Å². The highest BCUT2D eigenvalue weighted by molar-refractivity contribution is 7.80. The van der Waals surface area contributed by atoms with Gasteiger partial charge in [0, 0.05) is 6.92 Å². The second kappa shape index (κ2) is 11.6. The number of nitrogens with zero attached hydrogens (tertiary/aromatic N) is 2. The zero-order valence-corrected chi connectivity index (χ0v) is 15.1. The molecular weight excluding hydrogens is 304 g/mol. The summed E-state index contributed by atoms with van der Waals surface area (Å²) in [5.74, 6) is 1.35. The summed E-state index contributed by atoms with van der Waals surface area (Å²) < 4.78 is 36.5. The van der Waals surface area contributed by atoms with Crippen LogP contribution in [0.4, 0.5) is 0 Å². The monoisotopic (exact) mass is 334 g/mol. The first-order valence-corrected chi connectivity index (χ1v) is 9.26. The van der Waals surface area contributed by atoms with Gasteiger partial charge in [0.1, 0.15) is 12.4 Å². The SMILES string of the molecule is CCCCCCCC[n+]1ccn(C)c1C.CCOS(=O)(=O)[O-]. The van der Waals surface area contributed by atoms with Gasteiger partial charge < -0.3 is 4.55 Å². The van der Waals surface area contributed by atoms with E-state index in [1.807, 2.05) is 0 Å². The Kier molecular flexibility index (Phi) is 11.1. The normalized spacial score (nSPS) is 11.1. The van der Waals surface area contributed by atoms with Crippen LogP contribution in [0.25, 0.3) is 0 Å². The van der Waals surface area contributed by atoms with Gasteiger partial charge in [-0.1, -0.05) is 32.6 Å². The molecule has 0 spiro atoms. The second-order valence-corrected chi connectivity index (χ2v) is 6.28. The van der Waals surface area contributed by atoms with Crippen molar-refractivity contribution in [2.75, 3.05) is 6.61 Å². The Hall–Kier alpha value is -0.920. The third-order valence-electron chi connectivity index (χ3n) is 3.41. The molecule has 7 heteroatoms. The Morgan fingerprint density at radius 3 is 2.18 bits per heavy atom. The maximum atomic E-state index is 9.45. The van der Waals surface area contributed by atoms with Gasteiger partial charge in [-0.25, -0.2) is 17.6 Å². The average Bonchev–Trinajstić information content (AvgIpc) is 2.74. The van der Waals surface area contributed by atoms with E-state index in [0.717, 1.165) is 0 Å². The molecule has 0 bridgehead atoms. The summed E-state index contributed by atoms with van der Waals surface area (Å²) in [5.41, 5.74) is 0. The molecule has 0 aromatic carbocycles. The lowest BCUT2D eigenvalue weighted by molar-refractivity contribution is -0.702. The zero-order valence-electron chi connectivity index (χ0n) is 14.2. The molecule has 0 fully saturated rings. The fraction of sp³-hybridized carbons (Fsp3) is 0.800. The summed E-state index contributed by atoms with van der Waals surface area (Å²) >= 11 is 0. The number of aryl methyl sites for hydroxylation is 2. The third kappa shape index (κ3) is 10.8. The minimum absolute atomic E-state index is 0.0914. The molecule has 6 nitrogen and oxygen atoms in total. The smallest absolute Gasteiger partial charge is 0.253 e. The predicted octanol–water partition coefficient (Wildman–Crippen LogP) is 2.46. The zero-order chi connectivity index (χ0) is 17.0. The van der Waals surface area contributed by atoms with E-state index in [-0.39, 0.29) is 6.61 Å². The van der Waals surface area contributed by atoms with Crippen LogP contribution in [0, 0.1) is 6.92 Å².